The summed E-state index contributed by atoms with van der Waals surface area (Å²) in [6.07, 6.45) is 1.60. The van der Waals surface area contributed by atoms with Crippen molar-refractivity contribution in [2.24, 2.45) is 5.73 Å². The van der Waals surface area contributed by atoms with Crippen molar-refractivity contribution in [1.82, 2.24) is 0 Å². The number of rotatable bonds is 3. The van der Waals surface area contributed by atoms with Crippen LogP contribution in [0.3, 0.4) is 0 Å². The molecule has 0 aromatic heterocycles. The topological polar surface area (TPSA) is 46.2 Å². The van der Waals surface area contributed by atoms with Crippen LogP contribution in [0.2, 0.25) is 15.1 Å². The summed E-state index contributed by atoms with van der Waals surface area (Å²) < 4.78 is 0. The van der Waals surface area contributed by atoms with Crippen LogP contribution in [0.1, 0.15) is 31.4 Å². The van der Waals surface area contributed by atoms with Crippen molar-refractivity contribution in [2.75, 3.05) is 0 Å². The Bertz CT molecular complexity index is 342. The van der Waals surface area contributed by atoms with E-state index >= 15 is 0 Å². The maximum absolute atomic E-state index is 9.74. The third-order valence-corrected chi connectivity index (χ3v) is 3.24. The smallest absolute Gasteiger partial charge is 0.140 e. The SMILES string of the molecule is CCCC(N)c1c(O)c(Cl)cc(Cl)c1Cl. The van der Waals surface area contributed by atoms with E-state index < -0.39 is 0 Å². The zero-order chi connectivity index (χ0) is 11.6. The Labute approximate surface area is 104 Å². The quantitative estimate of drug-likeness (QED) is 0.809. The second kappa shape index (κ2) is 5.26. The van der Waals surface area contributed by atoms with Crippen molar-refractivity contribution in [3.8, 4) is 5.75 Å². The van der Waals surface area contributed by atoms with Gasteiger partial charge in [0.1, 0.15) is 5.75 Å². The first-order valence-electron chi connectivity index (χ1n) is 4.61. The normalized spacial score (nSPS) is 12.9. The van der Waals surface area contributed by atoms with E-state index in [4.69, 9.17) is 40.5 Å². The van der Waals surface area contributed by atoms with Gasteiger partial charge in [0.05, 0.1) is 15.1 Å². The molecule has 1 rings (SSSR count). The summed E-state index contributed by atoms with van der Waals surface area (Å²) in [6, 6.07) is 1.06. The average molecular weight is 269 g/mol. The van der Waals surface area contributed by atoms with Gasteiger partial charge < -0.3 is 10.8 Å². The monoisotopic (exact) mass is 267 g/mol. The Morgan fingerprint density at radius 1 is 1.33 bits per heavy atom. The number of hydrogen-bond donors (Lipinski definition) is 2. The zero-order valence-corrected chi connectivity index (χ0v) is 10.5. The van der Waals surface area contributed by atoms with Crippen molar-refractivity contribution in [3.63, 3.8) is 0 Å². The van der Waals surface area contributed by atoms with Gasteiger partial charge in [-0.3, -0.25) is 0 Å². The molecule has 5 heteroatoms. The van der Waals surface area contributed by atoms with E-state index in [0.717, 1.165) is 6.42 Å². The van der Waals surface area contributed by atoms with E-state index in [2.05, 4.69) is 0 Å². The molecule has 15 heavy (non-hydrogen) atoms. The van der Waals surface area contributed by atoms with Crippen LogP contribution < -0.4 is 5.73 Å². The van der Waals surface area contributed by atoms with Crippen LogP contribution in [0.5, 0.6) is 5.75 Å². The highest BCUT2D eigenvalue weighted by Crippen LogP contribution is 2.41. The highest BCUT2D eigenvalue weighted by Gasteiger charge is 2.19. The predicted octanol–water partition coefficient (Wildman–Crippen LogP) is 4.15. The molecular weight excluding hydrogens is 256 g/mol. The Morgan fingerprint density at radius 3 is 2.47 bits per heavy atom. The van der Waals surface area contributed by atoms with E-state index in [1.807, 2.05) is 6.92 Å². The van der Waals surface area contributed by atoms with E-state index in [1.165, 1.54) is 6.07 Å². The molecule has 0 aliphatic heterocycles. The summed E-state index contributed by atoms with van der Waals surface area (Å²) in [5.41, 5.74) is 6.31. The van der Waals surface area contributed by atoms with Gasteiger partial charge in [0.15, 0.2) is 0 Å². The molecule has 1 atom stereocenters. The fraction of sp³-hybridized carbons (Fsp3) is 0.400. The summed E-state index contributed by atoms with van der Waals surface area (Å²) in [4.78, 5) is 0. The van der Waals surface area contributed by atoms with Crippen LogP contribution in [0.15, 0.2) is 6.07 Å². The number of halogens is 3. The molecule has 0 heterocycles. The fourth-order valence-corrected chi connectivity index (χ4v) is 2.16. The van der Waals surface area contributed by atoms with Gasteiger partial charge in [0.25, 0.3) is 0 Å². The third-order valence-electron chi connectivity index (χ3n) is 2.15. The molecule has 1 aromatic carbocycles. The van der Waals surface area contributed by atoms with Gasteiger partial charge in [-0.25, -0.2) is 0 Å². The number of phenols is 1. The molecule has 0 aliphatic rings. The van der Waals surface area contributed by atoms with Crippen LogP contribution in [-0.2, 0) is 0 Å². The molecule has 0 bridgehead atoms. The lowest BCUT2D eigenvalue weighted by atomic mass is 10.0. The lowest BCUT2D eigenvalue weighted by molar-refractivity contribution is 0.458. The van der Waals surface area contributed by atoms with Crippen molar-refractivity contribution in [3.05, 3.63) is 26.7 Å². The lowest BCUT2D eigenvalue weighted by Gasteiger charge is -2.16. The second-order valence-electron chi connectivity index (χ2n) is 3.31. The van der Waals surface area contributed by atoms with E-state index in [1.54, 1.807) is 0 Å². The highest BCUT2D eigenvalue weighted by molar-refractivity contribution is 6.44. The largest absolute Gasteiger partial charge is 0.506 e. The van der Waals surface area contributed by atoms with Crippen LogP contribution in [0.4, 0.5) is 0 Å². The summed E-state index contributed by atoms with van der Waals surface area (Å²) in [7, 11) is 0. The first kappa shape index (κ1) is 12.9. The minimum Gasteiger partial charge on any atom is -0.506 e. The molecule has 0 aliphatic carbocycles. The summed E-state index contributed by atoms with van der Waals surface area (Å²) in [5, 5.41) is 10.5. The summed E-state index contributed by atoms with van der Waals surface area (Å²) >= 11 is 17.6. The number of nitrogens with two attached hydrogens (primary N) is 1. The Hall–Kier alpha value is -0.150. The van der Waals surface area contributed by atoms with Crippen LogP contribution in [0, 0.1) is 0 Å². The molecule has 1 unspecified atom stereocenters. The van der Waals surface area contributed by atoms with Crippen LogP contribution in [-0.4, -0.2) is 5.11 Å². The minimum absolute atomic E-state index is 0.0768. The highest BCUT2D eigenvalue weighted by atomic mass is 35.5. The molecule has 0 spiro atoms. The van der Waals surface area contributed by atoms with Gasteiger partial charge in [0.2, 0.25) is 0 Å². The molecule has 0 fully saturated rings. The minimum atomic E-state index is -0.348. The molecule has 0 amide bonds. The van der Waals surface area contributed by atoms with Gasteiger partial charge >= 0.3 is 0 Å². The average Bonchev–Trinajstić information content (AvgIpc) is 2.16. The van der Waals surface area contributed by atoms with Crippen molar-refractivity contribution in [2.45, 2.75) is 25.8 Å². The predicted molar refractivity (Wildman–Crippen MR) is 65.0 cm³/mol. The Morgan fingerprint density at radius 2 is 1.93 bits per heavy atom. The molecule has 0 saturated heterocycles. The van der Waals surface area contributed by atoms with Crippen molar-refractivity contribution < 1.29 is 5.11 Å². The number of benzene rings is 1. The Balaban J connectivity index is 3.26. The molecular formula is C10H12Cl3NO. The van der Waals surface area contributed by atoms with E-state index in [-0.39, 0.29) is 21.8 Å². The Kier molecular flexibility index (Phi) is 4.53. The van der Waals surface area contributed by atoms with Gasteiger partial charge in [0, 0.05) is 11.6 Å². The van der Waals surface area contributed by atoms with Gasteiger partial charge in [-0.1, -0.05) is 48.1 Å². The number of hydrogen-bond acceptors (Lipinski definition) is 2. The third kappa shape index (κ3) is 2.70. The fourth-order valence-electron chi connectivity index (χ4n) is 1.40. The zero-order valence-electron chi connectivity index (χ0n) is 8.23. The maximum atomic E-state index is 9.74. The van der Waals surface area contributed by atoms with Gasteiger partial charge in [-0.15, -0.1) is 0 Å². The number of phenolic OH excluding ortho intramolecular Hbond substituents is 1. The molecule has 3 N–H and O–H groups in total. The molecule has 84 valence electrons. The molecule has 2 nitrogen and oxygen atoms in total. The van der Waals surface area contributed by atoms with Crippen LogP contribution >= 0.6 is 34.8 Å². The van der Waals surface area contributed by atoms with Gasteiger partial charge in [-0.2, -0.15) is 0 Å². The second-order valence-corrected chi connectivity index (χ2v) is 4.50. The molecule has 0 radical (unpaired) electrons. The van der Waals surface area contributed by atoms with Crippen LogP contribution in [0.25, 0.3) is 0 Å². The lowest BCUT2D eigenvalue weighted by Crippen LogP contribution is -2.11. The van der Waals surface area contributed by atoms with Gasteiger partial charge in [-0.05, 0) is 12.5 Å². The summed E-state index contributed by atoms with van der Waals surface area (Å²) in [6.45, 7) is 2.00. The van der Waals surface area contributed by atoms with Crippen molar-refractivity contribution in [1.29, 1.82) is 0 Å². The molecule has 0 saturated carbocycles. The maximum Gasteiger partial charge on any atom is 0.140 e. The first-order valence-corrected chi connectivity index (χ1v) is 5.74. The summed E-state index contributed by atoms with van der Waals surface area (Å²) in [5.74, 6) is -0.0768. The first-order chi connectivity index (χ1) is 6.99. The molecule has 1 aromatic rings. The van der Waals surface area contributed by atoms with E-state index in [0.29, 0.717) is 17.0 Å². The van der Waals surface area contributed by atoms with Crippen molar-refractivity contribution >= 4 is 34.8 Å². The number of aromatic hydroxyl groups is 1. The van der Waals surface area contributed by atoms with E-state index in [9.17, 15) is 5.11 Å². The standard InChI is InChI=1S/C10H12Cl3NO/c1-2-3-7(14)8-9(13)5(11)4-6(12)10(8)15/h4,7,15H,2-3,14H2,1H3.